The molecule has 3 rings (SSSR count). The van der Waals surface area contributed by atoms with Crippen molar-refractivity contribution in [3.8, 4) is 0 Å². The van der Waals surface area contributed by atoms with Crippen molar-refractivity contribution in [3.05, 3.63) is 76.3 Å². The van der Waals surface area contributed by atoms with Gasteiger partial charge >= 0.3 is 5.63 Å². The summed E-state index contributed by atoms with van der Waals surface area (Å²) in [5.74, 6) is -0.436. The normalized spacial score (nSPS) is 10.5. The molecule has 0 bridgehead atoms. The number of benzene rings is 2. The summed E-state index contributed by atoms with van der Waals surface area (Å²) in [6.45, 7) is 1.90. The first-order chi connectivity index (χ1) is 10.1. The summed E-state index contributed by atoms with van der Waals surface area (Å²) in [6.07, 6.45) is 0. The molecule has 2 aromatic carbocycles. The minimum Gasteiger partial charge on any atom is -0.417 e. The highest BCUT2D eigenvalue weighted by Crippen LogP contribution is 2.16. The number of hydrogen-bond donors (Lipinski definition) is 1. The van der Waals surface area contributed by atoms with E-state index in [1.165, 1.54) is 0 Å². The van der Waals surface area contributed by atoms with Crippen LogP contribution in [-0.2, 0) is 0 Å². The van der Waals surface area contributed by atoms with Crippen LogP contribution in [0.4, 0.5) is 5.69 Å². The molecule has 0 aliphatic carbocycles. The first-order valence-corrected chi connectivity index (χ1v) is 6.55. The molecule has 0 unspecified atom stereocenters. The van der Waals surface area contributed by atoms with E-state index < -0.39 is 11.5 Å². The van der Waals surface area contributed by atoms with Gasteiger partial charge in [0.05, 0.1) is 5.39 Å². The van der Waals surface area contributed by atoms with Crippen molar-refractivity contribution in [1.29, 1.82) is 0 Å². The van der Waals surface area contributed by atoms with E-state index in [9.17, 15) is 9.59 Å². The fraction of sp³-hybridized carbons (Fsp3) is 0.0588. The second-order valence-corrected chi connectivity index (χ2v) is 4.75. The SMILES string of the molecule is Cc1ccccc1NC(=O)c1cc2ccccc2c(=O)o1. The summed E-state index contributed by atoms with van der Waals surface area (Å²) in [4.78, 5) is 24.1. The Kier molecular flexibility index (Phi) is 3.28. The Labute approximate surface area is 121 Å². The van der Waals surface area contributed by atoms with E-state index in [4.69, 9.17) is 4.42 Å². The largest absolute Gasteiger partial charge is 0.417 e. The third kappa shape index (κ3) is 2.56. The molecule has 104 valence electrons. The lowest BCUT2D eigenvalue weighted by Crippen LogP contribution is -2.15. The molecule has 0 saturated carbocycles. The Hall–Kier alpha value is -2.88. The van der Waals surface area contributed by atoms with Gasteiger partial charge in [0.1, 0.15) is 0 Å². The van der Waals surface area contributed by atoms with E-state index in [1.54, 1.807) is 30.3 Å². The number of para-hydroxylation sites is 1. The lowest BCUT2D eigenvalue weighted by atomic mass is 10.1. The molecule has 0 aliphatic rings. The van der Waals surface area contributed by atoms with Gasteiger partial charge in [-0.2, -0.15) is 0 Å². The Bertz CT molecular complexity index is 880. The van der Waals surface area contributed by atoms with Crippen LogP contribution in [0, 0.1) is 6.92 Å². The molecule has 0 spiro atoms. The predicted molar refractivity (Wildman–Crippen MR) is 81.6 cm³/mol. The molecule has 1 aromatic heterocycles. The number of aryl methyl sites for hydroxylation is 1. The quantitative estimate of drug-likeness (QED) is 0.782. The average molecular weight is 279 g/mol. The second-order valence-electron chi connectivity index (χ2n) is 4.75. The van der Waals surface area contributed by atoms with Crippen molar-refractivity contribution >= 4 is 22.4 Å². The summed E-state index contributed by atoms with van der Waals surface area (Å²) in [7, 11) is 0. The molecule has 4 heteroatoms. The van der Waals surface area contributed by atoms with Crippen LogP contribution in [-0.4, -0.2) is 5.91 Å². The third-order valence-corrected chi connectivity index (χ3v) is 3.29. The van der Waals surface area contributed by atoms with Crippen LogP contribution >= 0.6 is 0 Å². The zero-order valence-corrected chi connectivity index (χ0v) is 11.4. The summed E-state index contributed by atoms with van der Waals surface area (Å²) < 4.78 is 5.10. The van der Waals surface area contributed by atoms with E-state index in [2.05, 4.69) is 5.32 Å². The van der Waals surface area contributed by atoms with Crippen molar-refractivity contribution < 1.29 is 9.21 Å². The van der Waals surface area contributed by atoms with Gasteiger partial charge in [-0.1, -0.05) is 36.4 Å². The second kappa shape index (κ2) is 5.25. The maximum Gasteiger partial charge on any atom is 0.344 e. The van der Waals surface area contributed by atoms with E-state index in [1.807, 2.05) is 31.2 Å². The Morgan fingerprint density at radius 2 is 1.76 bits per heavy atom. The van der Waals surface area contributed by atoms with Gasteiger partial charge in [-0.15, -0.1) is 0 Å². The first-order valence-electron chi connectivity index (χ1n) is 6.55. The molecule has 1 amide bonds. The number of amides is 1. The van der Waals surface area contributed by atoms with Crippen molar-refractivity contribution in [3.63, 3.8) is 0 Å². The van der Waals surface area contributed by atoms with Crippen LogP contribution in [0.1, 0.15) is 16.1 Å². The van der Waals surface area contributed by atoms with Crippen LogP contribution in [0.2, 0.25) is 0 Å². The van der Waals surface area contributed by atoms with Crippen molar-refractivity contribution in [2.75, 3.05) is 5.32 Å². The van der Waals surface area contributed by atoms with Gasteiger partial charge < -0.3 is 9.73 Å². The van der Waals surface area contributed by atoms with Crippen LogP contribution in [0.25, 0.3) is 10.8 Å². The molecule has 0 atom stereocenters. The molecule has 0 saturated heterocycles. The number of hydrogen-bond acceptors (Lipinski definition) is 3. The predicted octanol–water partition coefficient (Wildman–Crippen LogP) is 3.35. The van der Waals surface area contributed by atoms with Gasteiger partial charge in [-0.05, 0) is 36.1 Å². The van der Waals surface area contributed by atoms with E-state index >= 15 is 0 Å². The highest BCUT2D eigenvalue weighted by Gasteiger charge is 2.12. The molecule has 0 aliphatic heterocycles. The minimum atomic E-state index is -0.511. The van der Waals surface area contributed by atoms with Gasteiger partial charge in [0.15, 0.2) is 5.76 Å². The maximum absolute atomic E-state index is 12.2. The van der Waals surface area contributed by atoms with E-state index in [0.29, 0.717) is 16.5 Å². The minimum absolute atomic E-state index is 0.00181. The lowest BCUT2D eigenvalue weighted by molar-refractivity contribution is 0.0993. The Morgan fingerprint density at radius 3 is 2.57 bits per heavy atom. The highest BCUT2D eigenvalue weighted by molar-refractivity contribution is 6.04. The van der Waals surface area contributed by atoms with Crippen molar-refractivity contribution in [2.24, 2.45) is 0 Å². The first kappa shape index (κ1) is 13.1. The monoisotopic (exact) mass is 279 g/mol. The molecule has 21 heavy (non-hydrogen) atoms. The number of carbonyl (C=O) groups is 1. The lowest BCUT2D eigenvalue weighted by Gasteiger charge is -2.07. The molecule has 1 heterocycles. The molecule has 1 N–H and O–H groups in total. The summed E-state index contributed by atoms with van der Waals surface area (Å²) >= 11 is 0. The molecule has 3 aromatic rings. The number of fused-ring (bicyclic) bond motifs is 1. The summed E-state index contributed by atoms with van der Waals surface area (Å²) in [6, 6.07) is 16.0. The number of anilines is 1. The molecular formula is C17H13NO3. The van der Waals surface area contributed by atoms with Gasteiger partial charge in [0.2, 0.25) is 0 Å². The van der Waals surface area contributed by atoms with Gasteiger partial charge in [-0.25, -0.2) is 4.79 Å². The third-order valence-electron chi connectivity index (χ3n) is 3.29. The van der Waals surface area contributed by atoms with Crippen molar-refractivity contribution in [2.45, 2.75) is 6.92 Å². The smallest absolute Gasteiger partial charge is 0.344 e. The van der Waals surface area contributed by atoms with Crippen LogP contribution in [0.15, 0.2) is 63.8 Å². The van der Waals surface area contributed by atoms with Gasteiger partial charge in [0, 0.05) is 5.69 Å². The Balaban J connectivity index is 1.99. The molecule has 0 radical (unpaired) electrons. The maximum atomic E-state index is 12.2. The summed E-state index contributed by atoms with van der Waals surface area (Å²) in [5, 5.41) is 3.89. The summed E-state index contributed by atoms with van der Waals surface area (Å²) in [5.41, 5.74) is 1.12. The molecule has 0 fully saturated rings. The van der Waals surface area contributed by atoms with E-state index in [0.717, 1.165) is 5.56 Å². The van der Waals surface area contributed by atoms with Gasteiger partial charge in [0.25, 0.3) is 5.91 Å². The fourth-order valence-corrected chi connectivity index (χ4v) is 2.14. The average Bonchev–Trinajstić information content (AvgIpc) is 2.49. The zero-order chi connectivity index (χ0) is 14.8. The van der Waals surface area contributed by atoms with Crippen molar-refractivity contribution in [1.82, 2.24) is 0 Å². The standard InChI is InChI=1S/C17H13NO3/c1-11-6-2-5-9-14(11)18-16(19)15-10-12-7-3-4-8-13(12)17(20)21-15/h2-10H,1H3,(H,18,19). The van der Waals surface area contributed by atoms with Gasteiger partial charge in [-0.3, -0.25) is 4.79 Å². The molecular weight excluding hydrogens is 266 g/mol. The fourth-order valence-electron chi connectivity index (χ4n) is 2.14. The zero-order valence-electron chi connectivity index (χ0n) is 11.4. The topological polar surface area (TPSA) is 59.3 Å². The molecule has 4 nitrogen and oxygen atoms in total. The van der Waals surface area contributed by atoms with Crippen LogP contribution in [0.3, 0.4) is 0 Å². The number of nitrogens with one attached hydrogen (secondary N) is 1. The van der Waals surface area contributed by atoms with Crippen LogP contribution in [0.5, 0.6) is 0 Å². The van der Waals surface area contributed by atoms with Crippen LogP contribution < -0.4 is 10.9 Å². The highest BCUT2D eigenvalue weighted by atomic mass is 16.4. The van der Waals surface area contributed by atoms with E-state index in [-0.39, 0.29) is 5.76 Å². The Morgan fingerprint density at radius 1 is 1.05 bits per heavy atom. The number of rotatable bonds is 2. The number of carbonyl (C=O) groups excluding carboxylic acids is 1.